The van der Waals surface area contributed by atoms with Crippen LogP contribution in [0.3, 0.4) is 0 Å². The SMILES string of the molecule is N[C@@H](CCCc1ccc(Cl)c(F)c1)C(=O)O. The Bertz CT molecular complexity index is 384. The molecule has 0 spiro atoms. The second-order valence-corrected chi connectivity index (χ2v) is 3.99. The van der Waals surface area contributed by atoms with Crippen molar-refractivity contribution in [1.29, 1.82) is 0 Å². The van der Waals surface area contributed by atoms with Gasteiger partial charge in [-0.1, -0.05) is 17.7 Å². The van der Waals surface area contributed by atoms with Crippen LogP contribution in [0.1, 0.15) is 18.4 Å². The number of halogens is 2. The molecular weight excluding hydrogens is 233 g/mol. The highest BCUT2D eigenvalue weighted by Crippen LogP contribution is 2.17. The summed E-state index contributed by atoms with van der Waals surface area (Å²) >= 11 is 5.53. The number of hydrogen-bond donors (Lipinski definition) is 2. The molecule has 0 aliphatic rings. The fourth-order valence-corrected chi connectivity index (χ4v) is 1.46. The number of carboxylic acids is 1. The fourth-order valence-electron chi connectivity index (χ4n) is 1.34. The average molecular weight is 246 g/mol. The van der Waals surface area contributed by atoms with E-state index < -0.39 is 17.8 Å². The van der Waals surface area contributed by atoms with E-state index >= 15 is 0 Å². The topological polar surface area (TPSA) is 63.3 Å². The third-order valence-electron chi connectivity index (χ3n) is 2.28. The van der Waals surface area contributed by atoms with Crippen LogP contribution in [-0.2, 0) is 11.2 Å². The average Bonchev–Trinajstić information content (AvgIpc) is 2.23. The third-order valence-corrected chi connectivity index (χ3v) is 2.59. The molecule has 1 aromatic rings. The van der Waals surface area contributed by atoms with E-state index in [-0.39, 0.29) is 5.02 Å². The predicted octanol–water partition coefficient (Wildman–Crippen LogP) is 2.21. The highest BCUT2D eigenvalue weighted by Gasteiger charge is 2.10. The van der Waals surface area contributed by atoms with Crippen molar-refractivity contribution in [3.8, 4) is 0 Å². The molecule has 0 bridgehead atoms. The van der Waals surface area contributed by atoms with E-state index in [0.29, 0.717) is 19.3 Å². The van der Waals surface area contributed by atoms with Gasteiger partial charge in [0.15, 0.2) is 0 Å². The van der Waals surface area contributed by atoms with Crippen LogP contribution >= 0.6 is 11.6 Å². The second kappa shape index (κ2) is 5.82. The third kappa shape index (κ3) is 3.79. The Morgan fingerprint density at radius 1 is 1.56 bits per heavy atom. The lowest BCUT2D eigenvalue weighted by atomic mass is 10.1. The summed E-state index contributed by atoms with van der Waals surface area (Å²) in [6.45, 7) is 0. The number of aliphatic carboxylic acids is 1. The van der Waals surface area contributed by atoms with E-state index in [1.165, 1.54) is 12.1 Å². The lowest BCUT2D eigenvalue weighted by molar-refractivity contribution is -0.138. The molecule has 0 amide bonds. The number of hydrogen-bond acceptors (Lipinski definition) is 2. The Morgan fingerprint density at radius 3 is 2.81 bits per heavy atom. The minimum Gasteiger partial charge on any atom is -0.480 e. The van der Waals surface area contributed by atoms with Crippen molar-refractivity contribution in [2.45, 2.75) is 25.3 Å². The summed E-state index contributed by atoms with van der Waals surface area (Å²) in [5.74, 6) is -1.47. The van der Waals surface area contributed by atoms with Gasteiger partial charge in [0.1, 0.15) is 11.9 Å². The van der Waals surface area contributed by atoms with E-state index in [1.807, 2.05) is 0 Å². The fraction of sp³-hybridized carbons (Fsp3) is 0.364. The number of rotatable bonds is 5. The van der Waals surface area contributed by atoms with Crippen LogP contribution in [-0.4, -0.2) is 17.1 Å². The monoisotopic (exact) mass is 245 g/mol. The summed E-state index contributed by atoms with van der Waals surface area (Å²) in [6, 6.07) is 3.72. The van der Waals surface area contributed by atoms with Gasteiger partial charge in [0.05, 0.1) is 5.02 Å². The van der Waals surface area contributed by atoms with Crippen molar-refractivity contribution in [1.82, 2.24) is 0 Å². The minimum absolute atomic E-state index is 0.0889. The maximum Gasteiger partial charge on any atom is 0.320 e. The van der Waals surface area contributed by atoms with Gasteiger partial charge in [0.2, 0.25) is 0 Å². The molecule has 0 unspecified atom stereocenters. The maximum atomic E-state index is 13.0. The first-order valence-electron chi connectivity index (χ1n) is 4.93. The summed E-state index contributed by atoms with van der Waals surface area (Å²) in [6.07, 6.45) is 1.57. The normalized spacial score (nSPS) is 12.4. The molecule has 5 heteroatoms. The lowest BCUT2D eigenvalue weighted by Gasteiger charge is -2.06. The summed E-state index contributed by atoms with van der Waals surface area (Å²) in [4.78, 5) is 10.4. The molecule has 1 atom stereocenters. The molecule has 1 rings (SSSR count). The smallest absolute Gasteiger partial charge is 0.320 e. The van der Waals surface area contributed by atoms with Crippen molar-refractivity contribution in [2.24, 2.45) is 5.73 Å². The molecule has 0 radical (unpaired) electrons. The van der Waals surface area contributed by atoms with E-state index in [4.69, 9.17) is 22.4 Å². The highest BCUT2D eigenvalue weighted by atomic mass is 35.5. The zero-order chi connectivity index (χ0) is 12.1. The summed E-state index contributed by atoms with van der Waals surface area (Å²) < 4.78 is 13.0. The lowest BCUT2D eigenvalue weighted by Crippen LogP contribution is -2.29. The van der Waals surface area contributed by atoms with Gasteiger partial charge < -0.3 is 10.8 Å². The van der Waals surface area contributed by atoms with Crippen LogP contribution in [0.4, 0.5) is 4.39 Å². The van der Waals surface area contributed by atoms with Gasteiger partial charge in [-0.15, -0.1) is 0 Å². The number of carbonyl (C=O) groups is 1. The highest BCUT2D eigenvalue weighted by molar-refractivity contribution is 6.30. The van der Waals surface area contributed by atoms with Gasteiger partial charge in [0.25, 0.3) is 0 Å². The van der Waals surface area contributed by atoms with E-state index in [9.17, 15) is 9.18 Å². The van der Waals surface area contributed by atoms with Crippen LogP contribution < -0.4 is 5.73 Å². The molecule has 0 fully saturated rings. The van der Waals surface area contributed by atoms with Crippen molar-refractivity contribution in [3.05, 3.63) is 34.6 Å². The van der Waals surface area contributed by atoms with Gasteiger partial charge in [-0.2, -0.15) is 0 Å². The Hall–Kier alpha value is -1.13. The predicted molar refractivity (Wildman–Crippen MR) is 60.0 cm³/mol. The standard InChI is InChI=1S/C11H13ClFNO2/c12-8-5-4-7(6-9(8)13)2-1-3-10(14)11(15)16/h4-6,10H,1-3,14H2,(H,15,16)/t10-/m0/s1. The van der Waals surface area contributed by atoms with Crippen LogP contribution in [0.25, 0.3) is 0 Å². The van der Waals surface area contributed by atoms with Crippen LogP contribution in [0.5, 0.6) is 0 Å². The first kappa shape index (κ1) is 12.9. The van der Waals surface area contributed by atoms with E-state index in [2.05, 4.69) is 0 Å². The van der Waals surface area contributed by atoms with Gasteiger partial charge in [0, 0.05) is 0 Å². The molecule has 3 N–H and O–H groups in total. The number of aryl methyl sites for hydroxylation is 1. The zero-order valence-electron chi connectivity index (χ0n) is 8.62. The van der Waals surface area contributed by atoms with Crippen LogP contribution in [0.15, 0.2) is 18.2 Å². The van der Waals surface area contributed by atoms with Gasteiger partial charge in [-0.25, -0.2) is 4.39 Å². The Balaban J connectivity index is 2.43. The number of carboxylic acid groups (broad SMARTS) is 1. The van der Waals surface area contributed by atoms with Crippen molar-refractivity contribution < 1.29 is 14.3 Å². The molecule has 0 aliphatic carbocycles. The van der Waals surface area contributed by atoms with Crippen molar-refractivity contribution >= 4 is 17.6 Å². The zero-order valence-corrected chi connectivity index (χ0v) is 9.38. The Morgan fingerprint density at radius 2 is 2.25 bits per heavy atom. The molecule has 3 nitrogen and oxygen atoms in total. The second-order valence-electron chi connectivity index (χ2n) is 3.59. The van der Waals surface area contributed by atoms with E-state index in [0.717, 1.165) is 5.56 Å². The molecule has 0 aromatic heterocycles. The molecule has 0 saturated carbocycles. The first-order valence-corrected chi connectivity index (χ1v) is 5.31. The van der Waals surface area contributed by atoms with Crippen molar-refractivity contribution in [3.63, 3.8) is 0 Å². The van der Waals surface area contributed by atoms with Gasteiger partial charge in [-0.05, 0) is 37.0 Å². The first-order chi connectivity index (χ1) is 7.50. The van der Waals surface area contributed by atoms with E-state index in [1.54, 1.807) is 6.07 Å². The summed E-state index contributed by atoms with van der Waals surface area (Å²) in [5, 5.41) is 8.65. The van der Waals surface area contributed by atoms with Crippen molar-refractivity contribution in [2.75, 3.05) is 0 Å². The Labute approximate surface area is 98.0 Å². The van der Waals surface area contributed by atoms with Gasteiger partial charge in [-0.3, -0.25) is 4.79 Å². The number of benzene rings is 1. The summed E-state index contributed by atoms with van der Waals surface area (Å²) in [7, 11) is 0. The molecule has 16 heavy (non-hydrogen) atoms. The molecule has 1 aromatic carbocycles. The molecule has 0 saturated heterocycles. The molecule has 0 aliphatic heterocycles. The summed E-state index contributed by atoms with van der Waals surface area (Å²) in [5.41, 5.74) is 6.13. The molecular formula is C11H13ClFNO2. The number of nitrogens with two attached hydrogens (primary N) is 1. The maximum absolute atomic E-state index is 13.0. The van der Waals surface area contributed by atoms with Crippen LogP contribution in [0.2, 0.25) is 5.02 Å². The Kier molecular flexibility index (Phi) is 4.71. The van der Waals surface area contributed by atoms with Crippen LogP contribution in [0, 0.1) is 5.82 Å². The minimum atomic E-state index is -1.01. The quantitative estimate of drug-likeness (QED) is 0.836. The molecule has 88 valence electrons. The van der Waals surface area contributed by atoms with Gasteiger partial charge >= 0.3 is 5.97 Å². The molecule has 0 heterocycles. The largest absolute Gasteiger partial charge is 0.480 e.